The van der Waals surface area contributed by atoms with Crippen LogP contribution in [0, 0.1) is 20.8 Å². The Morgan fingerprint density at radius 2 is 1.71 bits per heavy atom. The zero-order chi connectivity index (χ0) is 20.5. The summed E-state index contributed by atoms with van der Waals surface area (Å²) >= 11 is 0. The summed E-state index contributed by atoms with van der Waals surface area (Å²) < 4.78 is 16.7. The van der Waals surface area contributed by atoms with E-state index in [9.17, 15) is 10.2 Å². The van der Waals surface area contributed by atoms with Crippen molar-refractivity contribution in [3.63, 3.8) is 0 Å². The Hall–Kier alpha value is -2.44. The fraction of sp³-hybridized carbons (Fsp3) is 0.455. The molecule has 0 aliphatic carbocycles. The van der Waals surface area contributed by atoms with E-state index >= 15 is 0 Å². The van der Waals surface area contributed by atoms with Gasteiger partial charge in [-0.2, -0.15) is 0 Å². The van der Waals surface area contributed by atoms with Gasteiger partial charge < -0.3 is 29.7 Å². The maximum Gasteiger partial charge on any atom is 0.161 e. The molecule has 6 nitrogen and oxygen atoms in total. The minimum Gasteiger partial charge on any atom is -0.507 e. The van der Waals surface area contributed by atoms with Gasteiger partial charge in [0.2, 0.25) is 0 Å². The van der Waals surface area contributed by atoms with Gasteiger partial charge in [0.1, 0.15) is 24.2 Å². The van der Waals surface area contributed by atoms with Crippen molar-refractivity contribution in [3.05, 3.63) is 47.0 Å². The summed E-state index contributed by atoms with van der Waals surface area (Å²) in [6.07, 6.45) is 0.185. The van der Waals surface area contributed by atoms with Gasteiger partial charge in [-0.25, -0.2) is 0 Å². The van der Waals surface area contributed by atoms with Crippen molar-refractivity contribution in [1.82, 2.24) is 5.32 Å². The van der Waals surface area contributed by atoms with Gasteiger partial charge in [-0.1, -0.05) is 12.1 Å². The lowest BCUT2D eigenvalue weighted by atomic mass is 10.0. The highest BCUT2D eigenvalue weighted by molar-refractivity contribution is 5.51. The van der Waals surface area contributed by atoms with Gasteiger partial charge in [-0.05, 0) is 68.6 Å². The van der Waals surface area contributed by atoms with E-state index in [-0.39, 0.29) is 6.61 Å². The highest BCUT2D eigenvalue weighted by Crippen LogP contribution is 2.32. The molecule has 0 saturated heterocycles. The number of methoxy groups -OCH3 is 1. The molecular weight excluding hydrogens is 358 g/mol. The lowest BCUT2D eigenvalue weighted by Gasteiger charge is -2.17. The summed E-state index contributed by atoms with van der Waals surface area (Å²) in [4.78, 5) is 0. The molecule has 0 aromatic heterocycles. The number of nitrogens with one attached hydrogen (secondary N) is 1. The van der Waals surface area contributed by atoms with Crippen molar-refractivity contribution >= 4 is 0 Å². The van der Waals surface area contributed by atoms with Gasteiger partial charge in [-0.15, -0.1) is 0 Å². The number of aromatic hydroxyl groups is 1. The Kier molecular flexibility index (Phi) is 8.42. The number of ether oxygens (including phenoxy) is 3. The average molecular weight is 389 g/mol. The second-order valence-corrected chi connectivity index (χ2v) is 6.81. The van der Waals surface area contributed by atoms with Gasteiger partial charge in [0.15, 0.2) is 11.5 Å². The van der Waals surface area contributed by atoms with Crippen LogP contribution in [0.1, 0.15) is 23.1 Å². The zero-order valence-corrected chi connectivity index (χ0v) is 17.1. The molecule has 0 radical (unpaired) electrons. The van der Waals surface area contributed by atoms with Crippen molar-refractivity contribution in [2.75, 3.05) is 33.4 Å². The number of hydrogen-bond donors (Lipinski definition) is 3. The molecule has 0 fully saturated rings. The van der Waals surface area contributed by atoms with Crippen molar-refractivity contribution in [2.45, 2.75) is 33.3 Å². The minimum atomic E-state index is -0.621. The van der Waals surface area contributed by atoms with Crippen LogP contribution in [0.4, 0.5) is 0 Å². The summed E-state index contributed by atoms with van der Waals surface area (Å²) in [5, 5.41) is 23.3. The van der Waals surface area contributed by atoms with Crippen molar-refractivity contribution < 1.29 is 24.4 Å². The number of phenols is 1. The first kappa shape index (κ1) is 21.9. The number of aryl methyl sites for hydroxylation is 1. The van der Waals surface area contributed by atoms with Crippen molar-refractivity contribution in [1.29, 1.82) is 0 Å². The number of hydrogen-bond acceptors (Lipinski definition) is 6. The molecule has 0 heterocycles. The molecule has 28 heavy (non-hydrogen) atoms. The molecule has 0 amide bonds. The monoisotopic (exact) mass is 389 g/mol. The molecular formula is C22H31NO5. The number of benzene rings is 2. The summed E-state index contributed by atoms with van der Waals surface area (Å²) in [7, 11) is 1.62. The van der Waals surface area contributed by atoms with E-state index in [1.165, 1.54) is 0 Å². The van der Waals surface area contributed by atoms with Crippen LogP contribution in [-0.4, -0.2) is 49.7 Å². The molecule has 154 valence electrons. The Bertz CT molecular complexity index is 763. The van der Waals surface area contributed by atoms with E-state index in [0.717, 1.165) is 41.2 Å². The SMILES string of the molecule is COc1ccccc1OCCCNC[C@H](O)COc1cc(C)c(O)c(C)c1C. The third-order valence-electron chi connectivity index (χ3n) is 4.64. The molecule has 0 aliphatic heterocycles. The van der Waals surface area contributed by atoms with Gasteiger partial charge in [0.05, 0.1) is 13.7 Å². The molecule has 0 saturated carbocycles. The highest BCUT2D eigenvalue weighted by Gasteiger charge is 2.12. The number of aliphatic hydroxyl groups excluding tert-OH is 1. The van der Waals surface area contributed by atoms with E-state index in [1.54, 1.807) is 13.2 Å². The lowest BCUT2D eigenvalue weighted by molar-refractivity contribution is 0.105. The van der Waals surface area contributed by atoms with Crippen LogP contribution in [0.5, 0.6) is 23.0 Å². The van der Waals surface area contributed by atoms with Crippen LogP contribution >= 0.6 is 0 Å². The van der Waals surface area contributed by atoms with E-state index in [2.05, 4.69) is 5.32 Å². The van der Waals surface area contributed by atoms with E-state index < -0.39 is 6.10 Å². The summed E-state index contributed by atoms with van der Waals surface area (Å²) in [6.45, 7) is 7.50. The smallest absolute Gasteiger partial charge is 0.161 e. The highest BCUT2D eigenvalue weighted by atomic mass is 16.5. The molecule has 6 heteroatoms. The van der Waals surface area contributed by atoms with Gasteiger partial charge in [0.25, 0.3) is 0 Å². The Balaban J connectivity index is 1.65. The molecule has 2 aromatic carbocycles. The Labute approximate surface area is 167 Å². The predicted octanol–water partition coefficient (Wildman–Crippen LogP) is 3.12. The Morgan fingerprint density at radius 3 is 2.43 bits per heavy atom. The summed E-state index contributed by atoms with van der Waals surface area (Å²) in [5.41, 5.74) is 2.45. The lowest BCUT2D eigenvalue weighted by Crippen LogP contribution is -2.32. The van der Waals surface area contributed by atoms with Gasteiger partial charge >= 0.3 is 0 Å². The number of rotatable bonds is 11. The first-order chi connectivity index (χ1) is 13.4. The first-order valence-corrected chi connectivity index (χ1v) is 9.51. The molecule has 0 bridgehead atoms. The van der Waals surface area contributed by atoms with Crippen LogP contribution in [0.15, 0.2) is 30.3 Å². The van der Waals surface area contributed by atoms with Crippen LogP contribution in [0.25, 0.3) is 0 Å². The number of phenolic OH excluding ortho intramolecular Hbond substituents is 1. The molecule has 0 aliphatic rings. The normalized spacial score (nSPS) is 11.9. The van der Waals surface area contributed by atoms with Crippen LogP contribution in [0.3, 0.4) is 0 Å². The molecule has 1 atom stereocenters. The quantitative estimate of drug-likeness (QED) is 0.513. The van der Waals surface area contributed by atoms with Crippen LogP contribution < -0.4 is 19.5 Å². The van der Waals surface area contributed by atoms with Gasteiger partial charge in [0, 0.05) is 6.54 Å². The van der Waals surface area contributed by atoms with Crippen molar-refractivity contribution in [2.24, 2.45) is 0 Å². The fourth-order valence-corrected chi connectivity index (χ4v) is 2.81. The molecule has 0 unspecified atom stereocenters. The van der Waals surface area contributed by atoms with E-state index in [4.69, 9.17) is 14.2 Å². The fourth-order valence-electron chi connectivity index (χ4n) is 2.81. The van der Waals surface area contributed by atoms with E-state index in [0.29, 0.717) is 24.7 Å². The van der Waals surface area contributed by atoms with Crippen LogP contribution in [0.2, 0.25) is 0 Å². The third-order valence-corrected chi connectivity index (χ3v) is 4.64. The number of para-hydroxylation sites is 2. The standard InChI is InChI=1S/C22H31NO5/c1-15-12-21(16(2)17(3)22(15)25)28-14-18(24)13-23-10-7-11-27-20-9-6-5-8-19(20)26-4/h5-6,8-9,12,18,23-25H,7,10-11,13-14H2,1-4H3/t18-/m0/s1. The minimum absolute atomic E-state index is 0.190. The van der Waals surface area contributed by atoms with E-state index in [1.807, 2.05) is 45.0 Å². The molecule has 3 N–H and O–H groups in total. The third kappa shape index (κ3) is 6.04. The maximum atomic E-state index is 10.1. The maximum absolute atomic E-state index is 10.1. The average Bonchev–Trinajstić information content (AvgIpc) is 2.70. The largest absolute Gasteiger partial charge is 0.507 e. The van der Waals surface area contributed by atoms with Gasteiger partial charge in [-0.3, -0.25) is 0 Å². The summed E-state index contributed by atoms with van der Waals surface area (Å²) in [6, 6.07) is 9.35. The molecule has 2 aromatic rings. The first-order valence-electron chi connectivity index (χ1n) is 9.51. The number of aliphatic hydroxyl groups is 1. The van der Waals surface area contributed by atoms with Crippen LogP contribution in [-0.2, 0) is 0 Å². The predicted molar refractivity (Wildman–Crippen MR) is 110 cm³/mol. The second-order valence-electron chi connectivity index (χ2n) is 6.81. The second kappa shape index (κ2) is 10.8. The zero-order valence-electron chi connectivity index (χ0n) is 17.1. The molecule has 0 spiro atoms. The summed E-state index contributed by atoms with van der Waals surface area (Å²) in [5.74, 6) is 2.44. The molecule has 2 rings (SSSR count). The van der Waals surface area contributed by atoms with Crippen molar-refractivity contribution in [3.8, 4) is 23.0 Å². The topological polar surface area (TPSA) is 80.2 Å². The Morgan fingerprint density at radius 1 is 1.00 bits per heavy atom.